The summed E-state index contributed by atoms with van der Waals surface area (Å²) in [6.07, 6.45) is 3.25. The molecular formula is C14H17N3O4S2. The molecule has 7 nitrogen and oxygen atoms in total. The van der Waals surface area contributed by atoms with Gasteiger partial charge in [0.25, 0.3) is 5.91 Å². The van der Waals surface area contributed by atoms with E-state index in [0.717, 1.165) is 24.2 Å². The van der Waals surface area contributed by atoms with E-state index in [2.05, 4.69) is 15.0 Å². The fraction of sp³-hybridized carbons (Fsp3) is 0.429. The Labute approximate surface area is 138 Å². The van der Waals surface area contributed by atoms with Crippen LogP contribution in [-0.4, -0.2) is 36.9 Å². The molecule has 0 aromatic carbocycles. The van der Waals surface area contributed by atoms with Gasteiger partial charge in [0.1, 0.15) is 6.26 Å². The predicted molar refractivity (Wildman–Crippen MR) is 85.9 cm³/mol. The third kappa shape index (κ3) is 3.46. The average molecular weight is 355 g/mol. The van der Waals surface area contributed by atoms with Crippen molar-refractivity contribution < 1.29 is 17.7 Å². The van der Waals surface area contributed by atoms with Crippen molar-refractivity contribution in [1.29, 1.82) is 0 Å². The van der Waals surface area contributed by atoms with Gasteiger partial charge in [-0.05, 0) is 24.8 Å². The Morgan fingerprint density at radius 2 is 2.35 bits per heavy atom. The zero-order chi connectivity index (χ0) is 16.4. The number of nitrogens with zero attached hydrogens (tertiary/aromatic N) is 2. The Balaban J connectivity index is 1.76. The molecule has 0 aliphatic carbocycles. The Morgan fingerprint density at radius 3 is 3.04 bits per heavy atom. The van der Waals surface area contributed by atoms with Crippen molar-refractivity contribution in [3.8, 4) is 0 Å². The lowest BCUT2D eigenvalue weighted by Crippen LogP contribution is -2.38. The highest BCUT2D eigenvalue weighted by Gasteiger charge is 2.30. The molecule has 0 bridgehead atoms. The van der Waals surface area contributed by atoms with Crippen LogP contribution in [0.1, 0.15) is 29.4 Å². The Morgan fingerprint density at radius 1 is 1.52 bits per heavy atom. The van der Waals surface area contributed by atoms with Gasteiger partial charge in [-0.15, -0.1) is 11.3 Å². The summed E-state index contributed by atoms with van der Waals surface area (Å²) in [5, 5.41) is 7.64. The van der Waals surface area contributed by atoms with Gasteiger partial charge < -0.3 is 9.84 Å². The number of aromatic nitrogens is 1. The van der Waals surface area contributed by atoms with Crippen LogP contribution in [0.4, 0.5) is 5.82 Å². The highest BCUT2D eigenvalue weighted by molar-refractivity contribution is 7.89. The van der Waals surface area contributed by atoms with Gasteiger partial charge in [0, 0.05) is 24.5 Å². The summed E-state index contributed by atoms with van der Waals surface area (Å²) >= 11 is 1.09. The minimum atomic E-state index is -3.54. The molecule has 1 amide bonds. The fourth-order valence-corrected chi connectivity index (χ4v) is 5.30. The topological polar surface area (TPSA) is 92.5 Å². The van der Waals surface area contributed by atoms with Gasteiger partial charge in [-0.1, -0.05) is 12.1 Å². The van der Waals surface area contributed by atoms with E-state index in [1.165, 1.54) is 28.1 Å². The maximum absolute atomic E-state index is 12.7. The third-order valence-electron chi connectivity index (χ3n) is 3.74. The lowest BCUT2D eigenvalue weighted by molar-refractivity contribution is 0.102. The second-order valence-electron chi connectivity index (χ2n) is 5.60. The van der Waals surface area contributed by atoms with Crippen LogP contribution in [0.15, 0.2) is 33.2 Å². The van der Waals surface area contributed by atoms with Crippen LogP contribution >= 0.6 is 11.3 Å². The summed E-state index contributed by atoms with van der Waals surface area (Å²) in [5.41, 5.74) is 0. The van der Waals surface area contributed by atoms with Gasteiger partial charge in [-0.2, -0.15) is 4.31 Å². The number of carbonyl (C=O) groups is 1. The van der Waals surface area contributed by atoms with E-state index in [-0.39, 0.29) is 10.7 Å². The molecule has 0 radical (unpaired) electrons. The fourth-order valence-electron chi connectivity index (χ4n) is 2.54. The molecule has 3 rings (SSSR count). The molecule has 0 spiro atoms. The standard InChI is InChI=1S/C14H17N3O4S2/c1-10-3-2-5-17(8-10)23(19,20)11-7-12(22-9-11)14(18)15-13-4-6-21-16-13/h4,6-7,9-10H,2-3,5,8H2,1H3,(H,15,16,18)/t10-/m1/s1. The van der Waals surface area contributed by atoms with E-state index >= 15 is 0 Å². The first-order chi connectivity index (χ1) is 11.0. The van der Waals surface area contributed by atoms with E-state index in [1.807, 2.05) is 6.92 Å². The number of carbonyl (C=O) groups excluding carboxylic acids is 1. The van der Waals surface area contributed by atoms with Gasteiger partial charge in [0.05, 0.1) is 9.77 Å². The molecule has 3 heterocycles. The first-order valence-electron chi connectivity index (χ1n) is 7.27. The Hall–Kier alpha value is -1.71. The second kappa shape index (κ2) is 6.42. The summed E-state index contributed by atoms with van der Waals surface area (Å²) in [5.74, 6) is 0.238. The normalized spacial score (nSPS) is 19.6. The van der Waals surface area contributed by atoms with Crippen LogP contribution in [0, 0.1) is 5.92 Å². The Kier molecular flexibility index (Phi) is 4.51. The number of sulfonamides is 1. The molecular weight excluding hydrogens is 338 g/mol. The number of piperidine rings is 1. The van der Waals surface area contributed by atoms with Crippen molar-refractivity contribution in [2.24, 2.45) is 5.92 Å². The summed E-state index contributed by atoms with van der Waals surface area (Å²) in [4.78, 5) is 12.6. The quantitative estimate of drug-likeness (QED) is 0.909. The van der Waals surface area contributed by atoms with Crippen molar-refractivity contribution in [2.75, 3.05) is 18.4 Å². The van der Waals surface area contributed by atoms with E-state index in [0.29, 0.717) is 23.9 Å². The van der Waals surface area contributed by atoms with Crippen molar-refractivity contribution in [2.45, 2.75) is 24.7 Å². The van der Waals surface area contributed by atoms with E-state index in [1.54, 1.807) is 0 Å². The van der Waals surface area contributed by atoms with Gasteiger partial charge >= 0.3 is 0 Å². The second-order valence-corrected chi connectivity index (χ2v) is 8.45. The zero-order valence-electron chi connectivity index (χ0n) is 12.6. The first kappa shape index (κ1) is 16.2. The molecule has 0 unspecified atom stereocenters. The molecule has 1 aliphatic heterocycles. The third-order valence-corrected chi connectivity index (χ3v) is 6.66. The van der Waals surface area contributed by atoms with Crippen molar-refractivity contribution >= 4 is 33.1 Å². The molecule has 1 fully saturated rings. The molecule has 2 aromatic heterocycles. The number of thiophene rings is 1. The van der Waals surface area contributed by atoms with Crippen molar-refractivity contribution in [1.82, 2.24) is 9.46 Å². The summed E-state index contributed by atoms with van der Waals surface area (Å²) in [6, 6.07) is 2.92. The minimum absolute atomic E-state index is 0.168. The van der Waals surface area contributed by atoms with Gasteiger partial charge in [0.15, 0.2) is 5.82 Å². The van der Waals surface area contributed by atoms with Crippen molar-refractivity contribution in [3.05, 3.63) is 28.7 Å². The largest absolute Gasteiger partial charge is 0.363 e. The zero-order valence-corrected chi connectivity index (χ0v) is 14.2. The molecule has 1 saturated heterocycles. The maximum atomic E-state index is 12.7. The molecule has 2 aromatic rings. The molecule has 1 aliphatic rings. The average Bonchev–Trinajstić information content (AvgIpc) is 3.18. The number of nitrogens with one attached hydrogen (secondary N) is 1. The Bertz CT molecular complexity index is 783. The summed E-state index contributed by atoms with van der Waals surface area (Å²) < 4.78 is 31.5. The summed E-state index contributed by atoms with van der Waals surface area (Å²) in [7, 11) is -3.54. The highest BCUT2D eigenvalue weighted by atomic mass is 32.2. The van der Waals surface area contributed by atoms with Crippen molar-refractivity contribution in [3.63, 3.8) is 0 Å². The van der Waals surface area contributed by atoms with Crippen LogP contribution in [0.5, 0.6) is 0 Å². The molecule has 1 atom stereocenters. The van der Waals surface area contributed by atoms with Crippen LogP contribution in [0.3, 0.4) is 0 Å². The lowest BCUT2D eigenvalue weighted by atomic mass is 10.0. The SMILES string of the molecule is C[C@@H]1CCCN(S(=O)(=O)c2csc(C(=O)Nc3ccon3)c2)C1. The molecule has 23 heavy (non-hydrogen) atoms. The maximum Gasteiger partial charge on any atom is 0.267 e. The smallest absolute Gasteiger partial charge is 0.267 e. The van der Waals surface area contributed by atoms with E-state index in [4.69, 9.17) is 0 Å². The number of hydrogen-bond donors (Lipinski definition) is 1. The number of anilines is 1. The van der Waals surface area contributed by atoms with Crippen LogP contribution < -0.4 is 5.32 Å². The predicted octanol–water partition coefficient (Wildman–Crippen LogP) is 2.41. The van der Waals surface area contributed by atoms with Crippen LogP contribution in [0.2, 0.25) is 0 Å². The molecule has 9 heteroatoms. The molecule has 124 valence electrons. The van der Waals surface area contributed by atoms with E-state index in [9.17, 15) is 13.2 Å². The highest BCUT2D eigenvalue weighted by Crippen LogP contribution is 2.27. The van der Waals surface area contributed by atoms with Gasteiger partial charge in [0.2, 0.25) is 10.0 Å². The molecule has 1 N–H and O–H groups in total. The van der Waals surface area contributed by atoms with Gasteiger partial charge in [-0.25, -0.2) is 8.42 Å². The molecule has 0 saturated carbocycles. The van der Waals surface area contributed by atoms with E-state index < -0.39 is 15.9 Å². The number of rotatable bonds is 4. The van der Waals surface area contributed by atoms with Crippen LogP contribution in [-0.2, 0) is 10.0 Å². The number of hydrogen-bond acceptors (Lipinski definition) is 6. The number of amides is 1. The van der Waals surface area contributed by atoms with Crippen LogP contribution in [0.25, 0.3) is 0 Å². The monoisotopic (exact) mass is 355 g/mol. The summed E-state index contributed by atoms with van der Waals surface area (Å²) in [6.45, 7) is 3.10. The first-order valence-corrected chi connectivity index (χ1v) is 9.59. The minimum Gasteiger partial charge on any atom is -0.363 e. The lowest BCUT2D eigenvalue weighted by Gasteiger charge is -2.29. The van der Waals surface area contributed by atoms with Gasteiger partial charge in [-0.3, -0.25) is 4.79 Å².